The summed E-state index contributed by atoms with van der Waals surface area (Å²) in [7, 11) is 1.30. The first-order valence-electron chi connectivity index (χ1n) is 6.82. The van der Waals surface area contributed by atoms with Crippen molar-refractivity contribution in [2.75, 3.05) is 13.7 Å². The van der Waals surface area contributed by atoms with Crippen molar-refractivity contribution in [3.05, 3.63) is 29.6 Å². The van der Waals surface area contributed by atoms with Gasteiger partial charge in [-0.15, -0.1) is 0 Å². The summed E-state index contributed by atoms with van der Waals surface area (Å²) in [5.74, 6) is 5.30. The number of alkyl carbamates (subject to hydrolysis) is 1. The number of methoxy groups -OCH3 is 1. The first-order valence-corrected chi connectivity index (χ1v) is 6.82. The predicted molar refractivity (Wildman–Crippen MR) is 81.3 cm³/mol. The van der Waals surface area contributed by atoms with E-state index in [1.54, 1.807) is 32.9 Å². The Morgan fingerprint density at radius 3 is 2.73 bits per heavy atom. The third-order valence-corrected chi connectivity index (χ3v) is 2.31. The van der Waals surface area contributed by atoms with Gasteiger partial charge < -0.3 is 14.8 Å². The van der Waals surface area contributed by atoms with Gasteiger partial charge in [0.15, 0.2) is 0 Å². The van der Waals surface area contributed by atoms with Crippen LogP contribution in [0, 0.1) is 11.8 Å². The molecule has 0 radical (unpaired) electrons. The molecule has 0 saturated carbocycles. The number of rotatable bonds is 3. The van der Waals surface area contributed by atoms with Crippen LogP contribution >= 0.6 is 0 Å². The number of hydrogen-bond donors (Lipinski definition) is 1. The Hall–Kier alpha value is -2.55. The average Bonchev–Trinajstić information content (AvgIpc) is 2.44. The Bertz CT molecular complexity index is 594. The highest BCUT2D eigenvalue weighted by atomic mass is 16.6. The van der Waals surface area contributed by atoms with Crippen LogP contribution in [0.3, 0.4) is 0 Å². The van der Waals surface area contributed by atoms with Crippen molar-refractivity contribution in [2.45, 2.75) is 32.8 Å². The first kappa shape index (κ1) is 17.5. The molecule has 1 aromatic heterocycles. The van der Waals surface area contributed by atoms with E-state index < -0.39 is 17.7 Å². The fourth-order valence-electron chi connectivity index (χ4n) is 1.43. The standard InChI is InChI=1S/C16H20N2O4/c1-16(2,3)22-15(20)18-9-6-5-7-12-8-10-17-13(11-12)14(19)21-4/h8,10-11H,6,9H2,1-4H3,(H,18,20). The van der Waals surface area contributed by atoms with Gasteiger partial charge in [-0.2, -0.15) is 0 Å². The van der Waals surface area contributed by atoms with Crippen molar-refractivity contribution in [3.8, 4) is 11.8 Å². The van der Waals surface area contributed by atoms with Crippen molar-refractivity contribution in [3.63, 3.8) is 0 Å². The lowest BCUT2D eigenvalue weighted by atomic mass is 10.2. The second kappa shape index (κ2) is 8.03. The molecule has 0 unspecified atom stereocenters. The molecule has 0 aromatic carbocycles. The maximum atomic E-state index is 11.4. The fourth-order valence-corrected chi connectivity index (χ4v) is 1.43. The molecule has 0 aliphatic heterocycles. The third kappa shape index (κ3) is 6.75. The van der Waals surface area contributed by atoms with Gasteiger partial charge in [-0.25, -0.2) is 14.6 Å². The Morgan fingerprint density at radius 1 is 1.36 bits per heavy atom. The Labute approximate surface area is 130 Å². The lowest BCUT2D eigenvalue weighted by Gasteiger charge is -2.19. The van der Waals surface area contributed by atoms with Gasteiger partial charge in [0, 0.05) is 24.7 Å². The van der Waals surface area contributed by atoms with Crippen LogP contribution in [-0.2, 0) is 9.47 Å². The molecule has 0 spiro atoms. The molecule has 0 atom stereocenters. The molecular weight excluding hydrogens is 284 g/mol. The van der Waals surface area contributed by atoms with Crippen molar-refractivity contribution < 1.29 is 19.1 Å². The zero-order chi connectivity index (χ0) is 16.6. The molecule has 0 saturated heterocycles. The summed E-state index contributed by atoms with van der Waals surface area (Å²) in [4.78, 5) is 26.6. The summed E-state index contributed by atoms with van der Waals surface area (Å²) in [5, 5.41) is 2.61. The Balaban J connectivity index is 2.45. The van der Waals surface area contributed by atoms with Crippen molar-refractivity contribution in [2.24, 2.45) is 0 Å². The van der Waals surface area contributed by atoms with E-state index >= 15 is 0 Å². The number of esters is 1. The Kier molecular flexibility index (Phi) is 6.39. The minimum Gasteiger partial charge on any atom is -0.464 e. The van der Waals surface area contributed by atoms with Crippen LogP contribution in [0.4, 0.5) is 4.79 Å². The topological polar surface area (TPSA) is 77.5 Å². The summed E-state index contributed by atoms with van der Waals surface area (Å²) in [6, 6.07) is 3.25. The van der Waals surface area contributed by atoms with Gasteiger partial charge in [0.2, 0.25) is 0 Å². The molecule has 1 N–H and O–H groups in total. The van der Waals surface area contributed by atoms with Crippen LogP contribution in [-0.4, -0.2) is 36.3 Å². The van der Waals surface area contributed by atoms with Crippen molar-refractivity contribution >= 4 is 12.1 Å². The number of aromatic nitrogens is 1. The van der Waals surface area contributed by atoms with E-state index in [4.69, 9.17) is 4.74 Å². The highest BCUT2D eigenvalue weighted by molar-refractivity contribution is 5.87. The molecule has 1 amide bonds. The van der Waals surface area contributed by atoms with Crippen molar-refractivity contribution in [1.82, 2.24) is 10.3 Å². The molecule has 0 bridgehead atoms. The lowest BCUT2D eigenvalue weighted by molar-refractivity contribution is 0.0527. The van der Waals surface area contributed by atoms with Crippen LogP contribution in [0.5, 0.6) is 0 Å². The first-order chi connectivity index (χ1) is 10.3. The number of hydrogen-bond acceptors (Lipinski definition) is 5. The average molecular weight is 304 g/mol. The van der Waals surface area contributed by atoms with Crippen LogP contribution in [0.15, 0.2) is 18.3 Å². The largest absolute Gasteiger partial charge is 0.464 e. The van der Waals surface area contributed by atoms with Crippen LogP contribution in [0.25, 0.3) is 0 Å². The molecule has 118 valence electrons. The summed E-state index contributed by atoms with van der Waals surface area (Å²) in [6.45, 7) is 5.79. The number of carbonyl (C=O) groups excluding carboxylic acids is 2. The number of carbonyl (C=O) groups is 2. The zero-order valence-corrected chi connectivity index (χ0v) is 13.2. The van der Waals surface area contributed by atoms with Crippen LogP contribution in [0.2, 0.25) is 0 Å². The molecular formula is C16H20N2O4. The monoisotopic (exact) mass is 304 g/mol. The molecule has 0 fully saturated rings. The minimum atomic E-state index is -0.517. The minimum absolute atomic E-state index is 0.209. The van der Waals surface area contributed by atoms with Crippen LogP contribution in [0.1, 0.15) is 43.2 Å². The summed E-state index contributed by atoms with van der Waals surface area (Å²) < 4.78 is 9.69. The predicted octanol–water partition coefficient (Wildman–Crippen LogP) is 2.13. The summed E-state index contributed by atoms with van der Waals surface area (Å²) in [6.07, 6.45) is 1.50. The molecule has 1 aromatic rings. The smallest absolute Gasteiger partial charge is 0.407 e. The summed E-state index contributed by atoms with van der Waals surface area (Å²) >= 11 is 0. The SMILES string of the molecule is COC(=O)c1cc(C#CCCNC(=O)OC(C)(C)C)ccn1. The van der Waals surface area contributed by atoms with Gasteiger partial charge in [-0.1, -0.05) is 11.8 Å². The van der Waals surface area contributed by atoms with Gasteiger partial charge in [0.05, 0.1) is 7.11 Å². The van der Waals surface area contributed by atoms with E-state index in [0.717, 1.165) is 0 Å². The van der Waals surface area contributed by atoms with Gasteiger partial charge >= 0.3 is 12.1 Å². The van der Waals surface area contributed by atoms with E-state index in [2.05, 4.69) is 26.9 Å². The van der Waals surface area contributed by atoms with E-state index in [1.165, 1.54) is 13.3 Å². The van der Waals surface area contributed by atoms with Gasteiger partial charge in [0.1, 0.15) is 11.3 Å². The number of ether oxygens (including phenoxy) is 2. The van der Waals surface area contributed by atoms with E-state index in [-0.39, 0.29) is 5.69 Å². The van der Waals surface area contributed by atoms with E-state index in [9.17, 15) is 9.59 Å². The molecule has 0 aliphatic carbocycles. The van der Waals surface area contributed by atoms with Crippen LogP contribution < -0.4 is 5.32 Å². The maximum absolute atomic E-state index is 11.4. The fraction of sp³-hybridized carbons (Fsp3) is 0.438. The second-order valence-electron chi connectivity index (χ2n) is 5.40. The maximum Gasteiger partial charge on any atom is 0.407 e. The second-order valence-corrected chi connectivity index (χ2v) is 5.40. The highest BCUT2D eigenvalue weighted by Crippen LogP contribution is 2.06. The molecule has 22 heavy (non-hydrogen) atoms. The lowest BCUT2D eigenvalue weighted by Crippen LogP contribution is -2.32. The molecule has 1 rings (SSSR count). The van der Waals surface area contributed by atoms with Gasteiger partial charge in [0.25, 0.3) is 0 Å². The number of amides is 1. The normalized spacial score (nSPS) is 10.2. The molecule has 1 heterocycles. The molecule has 6 nitrogen and oxygen atoms in total. The van der Waals surface area contributed by atoms with E-state index in [0.29, 0.717) is 18.5 Å². The Morgan fingerprint density at radius 2 is 2.09 bits per heavy atom. The molecule has 6 heteroatoms. The van der Waals surface area contributed by atoms with Gasteiger partial charge in [-0.05, 0) is 32.9 Å². The van der Waals surface area contributed by atoms with Gasteiger partial charge in [-0.3, -0.25) is 0 Å². The third-order valence-electron chi connectivity index (χ3n) is 2.31. The van der Waals surface area contributed by atoms with E-state index in [1.807, 2.05) is 0 Å². The quantitative estimate of drug-likeness (QED) is 0.526. The summed E-state index contributed by atoms with van der Waals surface area (Å²) in [5.41, 5.74) is 0.353. The highest BCUT2D eigenvalue weighted by Gasteiger charge is 2.15. The molecule has 0 aliphatic rings. The number of nitrogens with zero attached hydrogens (tertiary/aromatic N) is 1. The number of nitrogens with one attached hydrogen (secondary N) is 1. The zero-order valence-electron chi connectivity index (χ0n) is 13.2. The van der Waals surface area contributed by atoms with Crippen molar-refractivity contribution in [1.29, 1.82) is 0 Å². The number of pyridine rings is 1.